The lowest BCUT2D eigenvalue weighted by Crippen LogP contribution is -2.46. The van der Waals surface area contributed by atoms with Gasteiger partial charge in [-0.25, -0.2) is 12.7 Å². The third kappa shape index (κ3) is 6.22. The van der Waals surface area contributed by atoms with Gasteiger partial charge >= 0.3 is 6.18 Å². The minimum Gasteiger partial charge on any atom is -0.350 e. The zero-order chi connectivity index (χ0) is 20.9. The molecule has 0 unspecified atom stereocenters. The molecule has 1 heterocycles. The summed E-state index contributed by atoms with van der Waals surface area (Å²) in [5, 5.41) is 2.85. The summed E-state index contributed by atoms with van der Waals surface area (Å²) in [4.78, 5) is 12.1. The zero-order valence-electron chi connectivity index (χ0n) is 15.3. The van der Waals surface area contributed by atoms with Gasteiger partial charge in [0.2, 0.25) is 15.9 Å². The third-order valence-electron chi connectivity index (χ3n) is 4.39. The molecule has 0 bridgehead atoms. The fourth-order valence-electron chi connectivity index (χ4n) is 2.93. The summed E-state index contributed by atoms with van der Waals surface area (Å²) in [5.41, 5.74) is -0.760. The number of piperidine rings is 1. The highest BCUT2D eigenvalue weighted by molar-refractivity contribution is 7.89. The Morgan fingerprint density at radius 1 is 1.32 bits per heavy atom. The largest absolute Gasteiger partial charge is 0.416 e. The van der Waals surface area contributed by atoms with Crippen molar-refractivity contribution < 1.29 is 26.4 Å². The summed E-state index contributed by atoms with van der Waals surface area (Å²) in [6, 6.07) is 2.69. The van der Waals surface area contributed by atoms with Crippen LogP contribution in [0.5, 0.6) is 0 Å². The van der Waals surface area contributed by atoms with E-state index < -0.39 is 27.7 Å². The van der Waals surface area contributed by atoms with Crippen molar-refractivity contribution in [2.24, 2.45) is 0 Å². The van der Waals surface area contributed by atoms with Gasteiger partial charge in [-0.15, -0.1) is 0 Å². The molecule has 156 valence electrons. The molecule has 1 amide bonds. The zero-order valence-corrected chi connectivity index (χ0v) is 16.9. The smallest absolute Gasteiger partial charge is 0.350 e. The van der Waals surface area contributed by atoms with Crippen LogP contribution in [0.4, 0.5) is 13.2 Å². The maximum Gasteiger partial charge on any atom is 0.416 e. The van der Waals surface area contributed by atoms with E-state index in [4.69, 9.17) is 11.6 Å². The molecule has 2 rings (SSSR count). The van der Waals surface area contributed by atoms with Crippen LogP contribution < -0.4 is 5.32 Å². The number of halogens is 4. The first-order valence-corrected chi connectivity index (χ1v) is 10.8. The van der Waals surface area contributed by atoms with Crippen molar-refractivity contribution in [3.05, 3.63) is 40.4 Å². The normalized spacial score (nSPS) is 17.2. The molecule has 0 radical (unpaired) electrons. The van der Waals surface area contributed by atoms with E-state index >= 15 is 0 Å². The first kappa shape index (κ1) is 22.7. The van der Waals surface area contributed by atoms with Gasteiger partial charge < -0.3 is 5.32 Å². The Morgan fingerprint density at radius 2 is 1.96 bits per heavy atom. The second-order valence-electron chi connectivity index (χ2n) is 6.57. The molecule has 1 aromatic rings. The Kier molecular flexibility index (Phi) is 7.52. The highest BCUT2D eigenvalue weighted by atomic mass is 35.5. The number of nitrogens with zero attached hydrogens (tertiary/aromatic N) is 1. The predicted octanol–water partition coefficient (Wildman–Crippen LogP) is 3.69. The number of amides is 1. The Bertz CT molecular complexity index is 833. The summed E-state index contributed by atoms with van der Waals surface area (Å²) in [6.45, 7) is 2.46. The number of nitrogens with one attached hydrogen (secondary N) is 1. The third-order valence-corrected chi connectivity index (χ3v) is 6.81. The molecule has 1 saturated heterocycles. The van der Waals surface area contributed by atoms with Gasteiger partial charge in [0.05, 0.1) is 11.3 Å². The molecule has 1 aliphatic rings. The maximum atomic E-state index is 12.8. The van der Waals surface area contributed by atoms with Gasteiger partial charge in [-0.3, -0.25) is 4.79 Å². The molecule has 1 N–H and O–H groups in total. The Morgan fingerprint density at radius 3 is 2.54 bits per heavy atom. The molecular weight excluding hydrogens is 417 g/mol. The van der Waals surface area contributed by atoms with E-state index in [2.05, 4.69) is 5.32 Å². The summed E-state index contributed by atoms with van der Waals surface area (Å²) in [7, 11) is -3.25. The van der Waals surface area contributed by atoms with Gasteiger partial charge in [-0.1, -0.05) is 18.5 Å². The summed E-state index contributed by atoms with van der Waals surface area (Å²) >= 11 is 5.89. The monoisotopic (exact) mass is 438 g/mol. The second kappa shape index (κ2) is 9.28. The average molecular weight is 439 g/mol. The van der Waals surface area contributed by atoms with Crippen LogP contribution in [0.2, 0.25) is 5.02 Å². The van der Waals surface area contributed by atoms with Gasteiger partial charge in [0.1, 0.15) is 0 Å². The molecule has 5 nitrogen and oxygen atoms in total. The number of carbonyl (C=O) groups excluding carboxylic acids is 1. The van der Waals surface area contributed by atoms with Crippen molar-refractivity contribution in [3.8, 4) is 0 Å². The highest BCUT2D eigenvalue weighted by Crippen LogP contribution is 2.32. The number of hydrogen-bond acceptors (Lipinski definition) is 3. The van der Waals surface area contributed by atoms with E-state index in [1.165, 1.54) is 10.4 Å². The van der Waals surface area contributed by atoms with Crippen LogP contribution in [0, 0.1) is 0 Å². The quantitative estimate of drug-likeness (QED) is 0.689. The summed E-state index contributed by atoms with van der Waals surface area (Å²) in [6.07, 6.45) is -0.640. The molecular formula is C18H22ClF3N2O3S. The Hall–Kier alpha value is -1.58. The molecule has 1 aliphatic heterocycles. The fourth-order valence-corrected chi connectivity index (χ4v) is 4.65. The SMILES string of the molecule is CCCS(=O)(=O)N1CCC(NC(=O)/C=C/c2cc(C(F)(F)F)ccc2Cl)CC1. The van der Waals surface area contributed by atoms with E-state index in [1.807, 2.05) is 0 Å². The first-order chi connectivity index (χ1) is 13.0. The van der Waals surface area contributed by atoms with Crippen LogP contribution in [-0.2, 0) is 21.0 Å². The number of benzene rings is 1. The van der Waals surface area contributed by atoms with E-state index in [9.17, 15) is 26.4 Å². The van der Waals surface area contributed by atoms with Gasteiger partial charge in [-0.2, -0.15) is 13.2 Å². The summed E-state index contributed by atoms with van der Waals surface area (Å²) < 4.78 is 63.8. The molecule has 1 fully saturated rings. The van der Waals surface area contributed by atoms with Crippen LogP contribution >= 0.6 is 11.6 Å². The minimum absolute atomic E-state index is 0.0899. The molecule has 0 saturated carbocycles. The van der Waals surface area contributed by atoms with Crippen molar-refractivity contribution in [1.82, 2.24) is 9.62 Å². The van der Waals surface area contributed by atoms with Gasteiger partial charge in [0, 0.05) is 30.2 Å². The molecule has 0 aromatic heterocycles. The lowest BCUT2D eigenvalue weighted by molar-refractivity contribution is -0.137. The first-order valence-electron chi connectivity index (χ1n) is 8.86. The number of rotatable bonds is 6. The average Bonchev–Trinajstić information content (AvgIpc) is 2.60. The fraction of sp³-hybridized carbons (Fsp3) is 0.500. The van der Waals surface area contributed by atoms with Crippen molar-refractivity contribution in [3.63, 3.8) is 0 Å². The van der Waals surface area contributed by atoms with Gasteiger partial charge in [-0.05, 0) is 49.1 Å². The van der Waals surface area contributed by atoms with Gasteiger partial charge in [0.25, 0.3) is 0 Å². The van der Waals surface area contributed by atoms with Crippen molar-refractivity contribution in [2.45, 2.75) is 38.4 Å². The van der Waals surface area contributed by atoms with Crippen molar-refractivity contribution in [1.29, 1.82) is 0 Å². The lowest BCUT2D eigenvalue weighted by Gasteiger charge is -2.31. The molecule has 28 heavy (non-hydrogen) atoms. The molecule has 1 aromatic carbocycles. The maximum absolute atomic E-state index is 12.8. The standard InChI is InChI=1S/C18H22ClF3N2O3S/c1-2-11-28(26,27)24-9-7-15(8-10-24)23-17(25)6-3-13-12-14(18(20,21)22)4-5-16(13)19/h3-6,12,15H,2,7-11H2,1H3,(H,23,25)/b6-3+. The molecule has 0 aliphatic carbocycles. The topological polar surface area (TPSA) is 66.5 Å². The number of alkyl halides is 3. The van der Waals surface area contributed by atoms with Crippen LogP contribution in [0.25, 0.3) is 6.08 Å². The van der Waals surface area contributed by atoms with Crippen LogP contribution in [0.3, 0.4) is 0 Å². The van der Waals surface area contributed by atoms with Crippen LogP contribution in [-0.4, -0.2) is 43.5 Å². The van der Waals surface area contributed by atoms with Crippen LogP contribution in [0.1, 0.15) is 37.3 Å². The Labute approximate surface area is 167 Å². The molecule has 10 heteroatoms. The van der Waals surface area contributed by atoms with Crippen molar-refractivity contribution >= 4 is 33.6 Å². The highest BCUT2D eigenvalue weighted by Gasteiger charge is 2.31. The Balaban J connectivity index is 1.93. The van der Waals surface area contributed by atoms with Crippen LogP contribution in [0.15, 0.2) is 24.3 Å². The molecule has 0 spiro atoms. The van der Waals surface area contributed by atoms with Crippen molar-refractivity contribution in [2.75, 3.05) is 18.8 Å². The summed E-state index contributed by atoms with van der Waals surface area (Å²) in [5.74, 6) is -0.367. The second-order valence-corrected chi connectivity index (χ2v) is 9.06. The molecule has 0 atom stereocenters. The number of sulfonamides is 1. The van der Waals surface area contributed by atoms with E-state index in [1.54, 1.807) is 6.92 Å². The van der Waals surface area contributed by atoms with Gasteiger partial charge in [0.15, 0.2) is 0 Å². The number of carbonyl (C=O) groups is 1. The minimum atomic E-state index is -4.50. The predicted molar refractivity (Wildman–Crippen MR) is 102 cm³/mol. The lowest BCUT2D eigenvalue weighted by atomic mass is 10.1. The van der Waals surface area contributed by atoms with E-state index in [-0.39, 0.29) is 22.4 Å². The van der Waals surface area contributed by atoms with E-state index in [0.717, 1.165) is 24.3 Å². The van der Waals surface area contributed by atoms with E-state index in [0.29, 0.717) is 32.4 Å². The number of hydrogen-bond donors (Lipinski definition) is 1.